The van der Waals surface area contributed by atoms with Gasteiger partial charge in [0.25, 0.3) is 0 Å². The Bertz CT molecular complexity index is 3200. The van der Waals surface area contributed by atoms with E-state index < -0.39 is 0 Å². The first-order valence-corrected chi connectivity index (χ1v) is 22.0. The average molecular weight is 804 g/mol. The molecule has 0 saturated heterocycles. The van der Waals surface area contributed by atoms with Crippen molar-refractivity contribution in [3.8, 4) is 83.6 Å². The number of fused-ring (bicyclic) bond motifs is 1. The summed E-state index contributed by atoms with van der Waals surface area (Å²) in [5.74, 6) is 0. The van der Waals surface area contributed by atoms with Gasteiger partial charge in [-0.05, 0) is 157 Å². The van der Waals surface area contributed by atoms with Crippen molar-refractivity contribution in [2.45, 2.75) is 12.8 Å². The van der Waals surface area contributed by atoms with Crippen molar-refractivity contribution in [3.05, 3.63) is 254 Å². The molecule has 0 amide bonds. The maximum absolute atomic E-state index is 2.41. The van der Waals surface area contributed by atoms with Crippen LogP contribution < -0.4 is 0 Å². The fraction of sp³-hybridized carbons (Fsp3) is 0.0323. The van der Waals surface area contributed by atoms with Crippen LogP contribution in [0.4, 0.5) is 0 Å². The van der Waals surface area contributed by atoms with Crippen molar-refractivity contribution >= 4 is 16.5 Å². The summed E-state index contributed by atoms with van der Waals surface area (Å²) < 4.78 is 2.38. The zero-order valence-corrected chi connectivity index (χ0v) is 35.0. The molecule has 1 heterocycles. The molecule has 0 bridgehead atoms. The molecule has 0 unspecified atom stereocenters. The molecule has 0 radical (unpaired) electrons. The third kappa shape index (κ3) is 7.78. The molecular weight excluding hydrogens is 759 g/mol. The Morgan fingerprint density at radius 2 is 0.698 bits per heavy atom. The molecule has 1 aromatic heterocycles. The van der Waals surface area contributed by atoms with Crippen molar-refractivity contribution < 1.29 is 0 Å². The third-order valence-electron chi connectivity index (χ3n) is 12.4. The van der Waals surface area contributed by atoms with Gasteiger partial charge in [0.15, 0.2) is 0 Å². The number of aromatic nitrogens is 1. The van der Waals surface area contributed by atoms with Crippen LogP contribution in [0.5, 0.6) is 0 Å². The lowest BCUT2D eigenvalue weighted by atomic mass is 9.90. The van der Waals surface area contributed by atoms with Gasteiger partial charge >= 0.3 is 0 Å². The monoisotopic (exact) mass is 803 g/mol. The second-order valence-corrected chi connectivity index (χ2v) is 16.5. The predicted octanol–water partition coefficient (Wildman–Crippen LogP) is 17.0. The highest BCUT2D eigenvalue weighted by Gasteiger charge is 2.17. The number of hydrogen-bond donors (Lipinski definition) is 0. The van der Waals surface area contributed by atoms with Gasteiger partial charge in [0, 0.05) is 22.8 Å². The van der Waals surface area contributed by atoms with Gasteiger partial charge < -0.3 is 4.57 Å². The van der Waals surface area contributed by atoms with E-state index >= 15 is 0 Å². The molecule has 0 fully saturated rings. The van der Waals surface area contributed by atoms with Gasteiger partial charge in [-0.2, -0.15) is 0 Å². The molecule has 298 valence electrons. The number of hydrogen-bond acceptors (Lipinski definition) is 0. The van der Waals surface area contributed by atoms with Crippen LogP contribution in [-0.4, -0.2) is 4.57 Å². The molecule has 9 aromatic carbocycles. The minimum absolute atomic E-state index is 1.06. The lowest BCUT2D eigenvalue weighted by Crippen LogP contribution is -1.92. The molecule has 63 heavy (non-hydrogen) atoms. The average Bonchev–Trinajstić information content (AvgIpc) is 3.76. The Hall–Kier alpha value is -8.00. The molecule has 1 aliphatic rings. The molecule has 0 spiro atoms. The van der Waals surface area contributed by atoms with E-state index in [0.717, 1.165) is 18.5 Å². The lowest BCUT2D eigenvalue weighted by molar-refractivity contribution is 1.04. The number of rotatable bonds is 9. The Kier molecular flexibility index (Phi) is 10.1. The van der Waals surface area contributed by atoms with Gasteiger partial charge in [-0.1, -0.05) is 182 Å². The van der Waals surface area contributed by atoms with Crippen LogP contribution in [0.15, 0.2) is 249 Å². The van der Waals surface area contributed by atoms with Crippen LogP contribution in [-0.2, 0) is 0 Å². The summed E-state index contributed by atoms with van der Waals surface area (Å²) in [5, 5.41) is 1.21. The fourth-order valence-electron chi connectivity index (χ4n) is 9.12. The van der Waals surface area contributed by atoms with Gasteiger partial charge in [-0.3, -0.25) is 0 Å². The first-order chi connectivity index (χ1) is 31.2. The minimum atomic E-state index is 1.06. The summed E-state index contributed by atoms with van der Waals surface area (Å²) in [6.07, 6.45) is 11.5. The van der Waals surface area contributed by atoms with Crippen LogP contribution in [0.25, 0.3) is 100 Å². The number of allylic oxidation sites excluding steroid dienone is 4. The molecular formula is C62H45N. The molecule has 0 saturated carbocycles. The second-order valence-electron chi connectivity index (χ2n) is 16.5. The fourth-order valence-corrected chi connectivity index (χ4v) is 9.12. The second kappa shape index (κ2) is 16.8. The van der Waals surface area contributed by atoms with Crippen molar-refractivity contribution in [2.24, 2.45) is 0 Å². The summed E-state index contributed by atoms with van der Waals surface area (Å²) in [7, 11) is 0. The molecule has 1 heteroatoms. The van der Waals surface area contributed by atoms with E-state index in [1.54, 1.807) is 0 Å². The van der Waals surface area contributed by atoms with Gasteiger partial charge in [-0.15, -0.1) is 0 Å². The van der Waals surface area contributed by atoms with Gasteiger partial charge in [0.05, 0.1) is 5.52 Å². The first-order valence-electron chi connectivity index (χ1n) is 22.0. The van der Waals surface area contributed by atoms with Crippen LogP contribution in [0.2, 0.25) is 0 Å². The van der Waals surface area contributed by atoms with Crippen molar-refractivity contribution in [1.29, 1.82) is 0 Å². The van der Waals surface area contributed by atoms with E-state index in [9.17, 15) is 0 Å². The summed E-state index contributed by atoms with van der Waals surface area (Å²) in [4.78, 5) is 0. The SMILES string of the molecule is C1=CC(c2cc(-c3ccccc3)cc(-c3cn(-c4ccc(-c5ccc(-c6ccccc6)cc5)cc4)c4ccc(-c5cc(-c6ccccc6)cc(-c6ccccc6)c5)cc34)c2)=CCC1. The Labute approximate surface area is 370 Å². The molecule has 10 aromatic rings. The van der Waals surface area contributed by atoms with E-state index in [0.29, 0.717) is 0 Å². The largest absolute Gasteiger partial charge is 0.316 e. The Morgan fingerprint density at radius 1 is 0.302 bits per heavy atom. The normalized spacial score (nSPS) is 12.3. The Balaban J connectivity index is 1.07. The topological polar surface area (TPSA) is 4.93 Å². The Morgan fingerprint density at radius 3 is 1.19 bits per heavy atom. The van der Waals surface area contributed by atoms with Crippen LogP contribution in [0.1, 0.15) is 18.4 Å². The molecule has 11 rings (SSSR count). The van der Waals surface area contributed by atoms with Crippen LogP contribution in [0, 0.1) is 0 Å². The smallest absolute Gasteiger partial charge is 0.0535 e. The zero-order chi connectivity index (χ0) is 42.0. The summed E-state index contributed by atoms with van der Waals surface area (Å²) in [6.45, 7) is 0. The highest BCUT2D eigenvalue weighted by molar-refractivity contribution is 6.01. The third-order valence-corrected chi connectivity index (χ3v) is 12.4. The highest BCUT2D eigenvalue weighted by Crippen LogP contribution is 2.41. The maximum atomic E-state index is 2.41. The quantitative estimate of drug-likeness (QED) is 0.137. The van der Waals surface area contributed by atoms with Gasteiger partial charge in [0.2, 0.25) is 0 Å². The van der Waals surface area contributed by atoms with Crippen LogP contribution in [0.3, 0.4) is 0 Å². The minimum Gasteiger partial charge on any atom is -0.316 e. The molecule has 0 atom stereocenters. The maximum Gasteiger partial charge on any atom is 0.0535 e. The molecule has 0 N–H and O–H groups in total. The van der Waals surface area contributed by atoms with Crippen LogP contribution >= 0.6 is 0 Å². The van der Waals surface area contributed by atoms with E-state index in [2.05, 4.69) is 253 Å². The lowest BCUT2D eigenvalue weighted by Gasteiger charge is -2.14. The van der Waals surface area contributed by atoms with E-state index in [-0.39, 0.29) is 0 Å². The predicted molar refractivity (Wildman–Crippen MR) is 268 cm³/mol. The van der Waals surface area contributed by atoms with Crippen molar-refractivity contribution in [2.75, 3.05) is 0 Å². The first kappa shape index (κ1) is 38.0. The van der Waals surface area contributed by atoms with Gasteiger partial charge in [0.1, 0.15) is 0 Å². The number of benzene rings is 9. The summed E-state index contributed by atoms with van der Waals surface area (Å²) in [5.41, 5.74) is 21.7. The van der Waals surface area contributed by atoms with E-state index in [1.807, 2.05) is 0 Å². The molecule has 0 aliphatic heterocycles. The standard InChI is InChI=1S/C62H45N/c1-6-16-44(17-7-1)49-26-28-50(29-27-49)51-30-33-59(34-31-51)63-43-61(58-40-55(47-22-12-4-13-23-47)37-56(41-58)48-24-14-5-15-25-48)60-42-52(32-35-62(60)63)57-38-53(45-18-8-2-9-19-45)36-54(39-57)46-20-10-3-11-21-46/h1-4,6-14,16-43H,5,15H2. The number of nitrogens with zero attached hydrogens (tertiary/aromatic N) is 1. The summed E-state index contributed by atoms with van der Waals surface area (Å²) >= 11 is 0. The molecule has 1 aliphatic carbocycles. The van der Waals surface area contributed by atoms with Crippen molar-refractivity contribution in [1.82, 2.24) is 4.57 Å². The van der Waals surface area contributed by atoms with Crippen molar-refractivity contribution in [3.63, 3.8) is 0 Å². The van der Waals surface area contributed by atoms with E-state index in [4.69, 9.17) is 0 Å². The zero-order valence-electron chi connectivity index (χ0n) is 35.0. The van der Waals surface area contributed by atoms with Gasteiger partial charge in [-0.25, -0.2) is 0 Å². The van der Waals surface area contributed by atoms with E-state index in [1.165, 1.54) is 99.9 Å². The molecule has 1 nitrogen and oxygen atoms in total. The highest BCUT2D eigenvalue weighted by atomic mass is 15.0. The summed E-state index contributed by atoms with van der Waals surface area (Å²) in [6, 6.07) is 81.9.